The Labute approximate surface area is 160 Å². The topological polar surface area (TPSA) is 116 Å². The van der Waals surface area contributed by atoms with Crippen LogP contribution in [0.4, 0.5) is 5.69 Å². The zero-order chi connectivity index (χ0) is 19.4. The van der Waals surface area contributed by atoms with Crippen molar-refractivity contribution in [2.24, 2.45) is 5.73 Å². The summed E-state index contributed by atoms with van der Waals surface area (Å²) in [5, 5.41) is 15.0. The van der Waals surface area contributed by atoms with E-state index in [1.165, 1.54) is 16.4 Å². The highest BCUT2D eigenvalue weighted by atomic mass is 32.2. The molecule has 0 radical (unpaired) electrons. The summed E-state index contributed by atoms with van der Waals surface area (Å²) < 4.78 is 1.50. The SMILES string of the molecule is Cc1cccc(C)c1NC(=O)CSc1nnnn1-c1ccc(C(N)=O)cc1. The first-order valence-electron chi connectivity index (χ1n) is 8.13. The van der Waals surface area contributed by atoms with Crippen molar-refractivity contribution in [1.82, 2.24) is 20.2 Å². The number of para-hydroxylation sites is 1. The lowest BCUT2D eigenvalue weighted by atomic mass is 10.1. The maximum absolute atomic E-state index is 12.3. The van der Waals surface area contributed by atoms with Crippen LogP contribution in [0, 0.1) is 13.8 Å². The van der Waals surface area contributed by atoms with E-state index in [0.29, 0.717) is 16.4 Å². The number of nitrogens with zero attached hydrogens (tertiary/aromatic N) is 4. The monoisotopic (exact) mass is 382 g/mol. The molecular formula is C18H18N6O2S. The lowest BCUT2D eigenvalue weighted by molar-refractivity contribution is -0.113. The molecule has 1 heterocycles. The molecule has 0 aliphatic carbocycles. The summed E-state index contributed by atoms with van der Waals surface area (Å²) in [6.45, 7) is 3.90. The zero-order valence-corrected chi connectivity index (χ0v) is 15.7. The van der Waals surface area contributed by atoms with Crippen LogP contribution >= 0.6 is 11.8 Å². The molecule has 2 aromatic carbocycles. The van der Waals surface area contributed by atoms with E-state index in [1.54, 1.807) is 24.3 Å². The number of anilines is 1. The third-order valence-corrected chi connectivity index (χ3v) is 4.83. The predicted molar refractivity (Wildman–Crippen MR) is 103 cm³/mol. The van der Waals surface area contributed by atoms with E-state index in [-0.39, 0.29) is 11.7 Å². The van der Waals surface area contributed by atoms with Crippen LogP contribution in [-0.4, -0.2) is 37.8 Å². The Morgan fingerprint density at radius 2 is 1.78 bits per heavy atom. The minimum absolute atomic E-state index is 0.143. The number of tetrazole rings is 1. The fourth-order valence-electron chi connectivity index (χ4n) is 2.52. The van der Waals surface area contributed by atoms with Crippen molar-refractivity contribution in [1.29, 1.82) is 0 Å². The Hall–Kier alpha value is -3.20. The van der Waals surface area contributed by atoms with E-state index in [2.05, 4.69) is 20.8 Å². The number of carbonyl (C=O) groups excluding carboxylic acids is 2. The van der Waals surface area contributed by atoms with Crippen molar-refractivity contribution in [2.45, 2.75) is 19.0 Å². The number of thioether (sulfide) groups is 1. The lowest BCUT2D eigenvalue weighted by Crippen LogP contribution is -2.16. The van der Waals surface area contributed by atoms with Crippen LogP contribution in [0.25, 0.3) is 5.69 Å². The molecule has 0 unspecified atom stereocenters. The number of hydrogen-bond donors (Lipinski definition) is 2. The number of amides is 2. The number of aromatic nitrogens is 4. The molecule has 8 nitrogen and oxygen atoms in total. The summed E-state index contributed by atoms with van der Waals surface area (Å²) in [6.07, 6.45) is 0. The summed E-state index contributed by atoms with van der Waals surface area (Å²) in [6, 6.07) is 12.4. The average molecular weight is 382 g/mol. The first-order chi connectivity index (χ1) is 13.0. The molecule has 0 saturated carbocycles. The minimum atomic E-state index is -0.504. The highest BCUT2D eigenvalue weighted by molar-refractivity contribution is 7.99. The van der Waals surface area contributed by atoms with Gasteiger partial charge in [-0.3, -0.25) is 9.59 Å². The Kier molecular flexibility index (Phi) is 5.51. The maximum Gasteiger partial charge on any atom is 0.248 e. The minimum Gasteiger partial charge on any atom is -0.366 e. The second-order valence-electron chi connectivity index (χ2n) is 5.89. The fraction of sp³-hybridized carbons (Fsp3) is 0.167. The number of nitrogens with two attached hydrogens (primary N) is 1. The molecule has 2 amide bonds. The van der Waals surface area contributed by atoms with Crippen LogP contribution in [0.3, 0.4) is 0 Å². The fourth-order valence-corrected chi connectivity index (χ4v) is 3.21. The van der Waals surface area contributed by atoms with E-state index < -0.39 is 5.91 Å². The van der Waals surface area contributed by atoms with E-state index in [1.807, 2.05) is 32.0 Å². The molecule has 3 aromatic rings. The standard InChI is InChI=1S/C18H18N6O2S/c1-11-4-3-5-12(2)16(11)20-15(25)10-27-18-21-22-23-24(18)14-8-6-13(7-9-14)17(19)26/h3-9H,10H2,1-2H3,(H2,19,26)(H,20,25). The Balaban J connectivity index is 1.68. The number of rotatable bonds is 6. The van der Waals surface area contributed by atoms with Gasteiger partial charge < -0.3 is 11.1 Å². The van der Waals surface area contributed by atoms with E-state index in [4.69, 9.17) is 5.73 Å². The molecule has 138 valence electrons. The van der Waals surface area contributed by atoms with Crippen molar-refractivity contribution in [3.05, 3.63) is 59.2 Å². The zero-order valence-electron chi connectivity index (χ0n) is 14.8. The van der Waals surface area contributed by atoms with E-state index in [9.17, 15) is 9.59 Å². The third kappa shape index (κ3) is 4.32. The van der Waals surface area contributed by atoms with Gasteiger partial charge in [0.2, 0.25) is 17.0 Å². The van der Waals surface area contributed by atoms with Crippen LogP contribution in [-0.2, 0) is 4.79 Å². The van der Waals surface area contributed by atoms with Crippen molar-refractivity contribution in [2.75, 3.05) is 11.1 Å². The Morgan fingerprint density at radius 1 is 1.11 bits per heavy atom. The average Bonchev–Trinajstić information content (AvgIpc) is 3.12. The summed E-state index contributed by atoms with van der Waals surface area (Å²) >= 11 is 1.22. The van der Waals surface area contributed by atoms with Crippen LogP contribution in [0.5, 0.6) is 0 Å². The second kappa shape index (κ2) is 8.00. The van der Waals surface area contributed by atoms with Crippen molar-refractivity contribution in [3.8, 4) is 5.69 Å². The van der Waals surface area contributed by atoms with Crippen LogP contribution in [0.15, 0.2) is 47.6 Å². The number of benzene rings is 2. The van der Waals surface area contributed by atoms with Gasteiger partial charge in [0.05, 0.1) is 11.4 Å². The summed E-state index contributed by atoms with van der Waals surface area (Å²) in [4.78, 5) is 23.5. The Bertz CT molecular complexity index is 964. The maximum atomic E-state index is 12.3. The number of aryl methyl sites for hydroxylation is 2. The van der Waals surface area contributed by atoms with Gasteiger partial charge in [0, 0.05) is 11.3 Å². The van der Waals surface area contributed by atoms with Crippen molar-refractivity contribution < 1.29 is 9.59 Å². The molecule has 3 N–H and O–H groups in total. The molecule has 0 bridgehead atoms. The molecule has 3 rings (SSSR count). The van der Waals surface area contributed by atoms with Gasteiger partial charge in [0.15, 0.2) is 0 Å². The molecule has 0 atom stereocenters. The lowest BCUT2D eigenvalue weighted by Gasteiger charge is -2.11. The molecule has 0 aliphatic rings. The van der Waals surface area contributed by atoms with Crippen LogP contribution in [0.1, 0.15) is 21.5 Å². The van der Waals surface area contributed by atoms with Crippen LogP contribution in [0.2, 0.25) is 0 Å². The summed E-state index contributed by atoms with van der Waals surface area (Å²) in [7, 11) is 0. The van der Waals surface area contributed by atoms with Gasteiger partial charge in [-0.25, -0.2) is 0 Å². The molecule has 0 fully saturated rings. The van der Waals surface area contributed by atoms with Gasteiger partial charge in [-0.05, 0) is 59.7 Å². The van der Waals surface area contributed by atoms with Crippen molar-refractivity contribution >= 4 is 29.3 Å². The molecular weight excluding hydrogens is 364 g/mol. The van der Waals surface area contributed by atoms with Gasteiger partial charge in [-0.1, -0.05) is 30.0 Å². The first-order valence-corrected chi connectivity index (χ1v) is 9.12. The molecule has 0 spiro atoms. The molecule has 0 saturated heterocycles. The second-order valence-corrected chi connectivity index (χ2v) is 6.83. The number of carbonyl (C=O) groups is 2. The largest absolute Gasteiger partial charge is 0.366 e. The van der Waals surface area contributed by atoms with Gasteiger partial charge in [0.25, 0.3) is 0 Å². The summed E-state index contributed by atoms with van der Waals surface area (Å²) in [5.41, 5.74) is 9.15. The first kappa shape index (κ1) is 18.6. The Morgan fingerprint density at radius 3 is 2.41 bits per heavy atom. The number of nitrogens with one attached hydrogen (secondary N) is 1. The van der Waals surface area contributed by atoms with Gasteiger partial charge in [-0.2, -0.15) is 4.68 Å². The molecule has 9 heteroatoms. The highest BCUT2D eigenvalue weighted by Gasteiger charge is 2.13. The quantitative estimate of drug-likeness (QED) is 0.631. The smallest absolute Gasteiger partial charge is 0.248 e. The molecule has 27 heavy (non-hydrogen) atoms. The van der Waals surface area contributed by atoms with E-state index in [0.717, 1.165) is 16.8 Å². The van der Waals surface area contributed by atoms with Gasteiger partial charge in [-0.15, -0.1) is 5.10 Å². The molecule has 1 aromatic heterocycles. The number of hydrogen-bond acceptors (Lipinski definition) is 6. The van der Waals surface area contributed by atoms with E-state index >= 15 is 0 Å². The highest BCUT2D eigenvalue weighted by Crippen LogP contribution is 2.22. The molecule has 0 aliphatic heterocycles. The summed E-state index contributed by atoms with van der Waals surface area (Å²) in [5.74, 6) is -0.486. The predicted octanol–water partition coefficient (Wildman–Crippen LogP) is 2.11. The number of primary amides is 1. The normalized spacial score (nSPS) is 10.6. The third-order valence-electron chi connectivity index (χ3n) is 3.92. The van der Waals surface area contributed by atoms with Gasteiger partial charge in [0.1, 0.15) is 0 Å². The van der Waals surface area contributed by atoms with Crippen LogP contribution < -0.4 is 11.1 Å². The van der Waals surface area contributed by atoms with Gasteiger partial charge >= 0.3 is 0 Å². The van der Waals surface area contributed by atoms with Crippen molar-refractivity contribution in [3.63, 3.8) is 0 Å².